The molecule has 4 nitrogen and oxygen atoms in total. The number of thioether (sulfide) groups is 1. The van der Waals surface area contributed by atoms with Crippen LogP contribution in [0.1, 0.15) is 31.4 Å². The van der Waals surface area contributed by atoms with Crippen molar-refractivity contribution in [2.24, 2.45) is 0 Å². The number of pyridine rings is 1. The normalized spacial score (nSPS) is 16.0. The minimum atomic E-state index is 0.738. The fourth-order valence-corrected chi connectivity index (χ4v) is 4.16. The minimum Gasteiger partial charge on any atom is -0.383 e. The van der Waals surface area contributed by atoms with Gasteiger partial charge in [-0.2, -0.15) is 0 Å². The van der Waals surface area contributed by atoms with Gasteiger partial charge in [0.05, 0.1) is 12.3 Å². The summed E-state index contributed by atoms with van der Waals surface area (Å²) in [5.74, 6) is 0. The van der Waals surface area contributed by atoms with E-state index in [9.17, 15) is 0 Å². The van der Waals surface area contributed by atoms with Crippen molar-refractivity contribution < 1.29 is 4.74 Å². The van der Waals surface area contributed by atoms with Crippen LogP contribution in [-0.2, 0) is 11.3 Å². The number of nitrogens with zero attached hydrogens (tertiary/aromatic N) is 2. The molecule has 0 bridgehead atoms. The van der Waals surface area contributed by atoms with E-state index in [4.69, 9.17) is 9.72 Å². The van der Waals surface area contributed by atoms with Gasteiger partial charge in [-0.25, -0.2) is 4.98 Å². The van der Waals surface area contributed by atoms with E-state index in [0.717, 1.165) is 30.6 Å². The van der Waals surface area contributed by atoms with E-state index >= 15 is 0 Å². The first-order valence-corrected chi connectivity index (χ1v) is 8.58. The summed E-state index contributed by atoms with van der Waals surface area (Å²) in [4.78, 5) is 4.83. The number of ether oxygens (including phenoxy) is 1. The minimum absolute atomic E-state index is 0.738. The fourth-order valence-electron chi connectivity index (χ4n) is 2.83. The van der Waals surface area contributed by atoms with E-state index in [1.807, 2.05) is 11.8 Å². The summed E-state index contributed by atoms with van der Waals surface area (Å²) < 4.78 is 7.30. The summed E-state index contributed by atoms with van der Waals surface area (Å²) in [5.41, 5.74) is 2.32. The lowest BCUT2D eigenvalue weighted by atomic mass is 10.4. The van der Waals surface area contributed by atoms with Crippen LogP contribution in [-0.4, -0.2) is 34.9 Å². The number of methoxy groups -OCH3 is 1. The molecule has 1 aliphatic carbocycles. The molecule has 0 amide bonds. The van der Waals surface area contributed by atoms with Gasteiger partial charge in [0.2, 0.25) is 0 Å². The maximum Gasteiger partial charge on any atom is 0.138 e. The SMILES string of the molecule is COCCNCc1c(SC2CCCC2)nc2ccccn12. The Morgan fingerprint density at radius 3 is 3.05 bits per heavy atom. The smallest absolute Gasteiger partial charge is 0.138 e. The topological polar surface area (TPSA) is 38.6 Å². The quantitative estimate of drug-likeness (QED) is 0.798. The number of nitrogens with one attached hydrogen (secondary N) is 1. The Hall–Kier alpha value is -1.04. The van der Waals surface area contributed by atoms with E-state index in [1.165, 1.54) is 36.4 Å². The van der Waals surface area contributed by atoms with Crippen molar-refractivity contribution in [3.8, 4) is 0 Å². The summed E-state index contributed by atoms with van der Waals surface area (Å²) in [7, 11) is 1.73. The van der Waals surface area contributed by atoms with Crippen molar-refractivity contribution >= 4 is 17.4 Å². The zero-order valence-corrected chi connectivity index (χ0v) is 13.4. The second kappa shape index (κ2) is 7.29. The van der Waals surface area contributed by atoms with Crippen LogP contribution < -0.4 is 5.32 Å². The molecule has 2 aromatic heterocycles. The van der Waals surface area contributed by atoms with Crippen LogP contribution in [0, 0.1) is 0 Å². The van der Waals surface area contributed by atoms with Gasteiger partial charge in [0.25, 0.3) is 0 Å². The summed E-state index contributed by atoms with van der Waals surface area (Å²) in [6.07, 6.45) is 7.50. The molecule has 2 heterocycles. The van der Waals surface area contributed by atoms with Gasteiger partial charge in [-0.1, -0.05) is 18.9 Å². The maximum atomic E-state index is 5.10. The fraction of sp³-hybridized carbons (Fsp3) is 0.562. The van der Waals surface area contributed by atoms with Gasteiger partial charge >= 0.3 is 0 Å². The van der Waals surface area contributed by atoms with Crippen molar-refractivity contribution in [1.29, 1.82) is 0 Å². The molecule has 114 valence electrons. The molecule has 0 atom stereocenters. The largest absolute Gasteiger partial charge is 0.383 e. The average molecular weight is 305 g/mol. The van der Waals surface area contributed by atoms with Crippen LogP contribution in [0.2, 0.25) is 0 Å². The van der Waals surface area contributed by atoms with Crippen molar-refractivity contribution in [3.05, 3.63) is 30.1 Å². The Morgan fingerprint density at radius 1 is 1.38 bits per heavy atom. The van der Waals surface area contributed by atoms with Gasteiger partial charge in [-0.15, -0.1) is 11.8 Å². The summed E-state index contributed by atoms with van der Waals surface area (Å²) in [5, 5.41) is 5.38. The molecule has 0 radical (unpaired) electrons. The molecule has 0 aliphatic heterocycles. The average Bonchev–Trinajstić information content (AvgIpc) is 3.12. The highest BCUT2D eigenvalue weighted by molar-refractivity contribution is 7.99. The lowest BCUT2D eigenvalue weighted by Gasteiger charge is -2.10. The van der Waals surface area contributed by atoms with E-state index < -0.39 is 0 Å². The van der Waals surface area contributed by atoms with Crippen molar-refractivity contribution in [1.82, 2.24) is 14.7 Å². The zero-order chi connectivity index (χ0) is 14.5. The third-order valence-electron chi connectivity index (χ3n) is 3.95. The molecule has 0 saturated heterocycles. The third-order valence-corrected chi connectivity index (χ3v) is 5.30. The molecule has 2 aromatic rings. The summed E-state index contributed by atoms with van der Waals surface area (Å²) >= 11 is 1.96. The van der Waals surface area contributed by atoms with Gasteiger partial charge in [0, 0.05) is 31.6 Å². The molecule has 1 saturated carbocycles. The van der Waals surface area contributed by atoms with Crippen LogP contribution >= 0.6 is 11.8 Å². The molecule has 0 aromatic carbocycles. The second-order valence-electron chi connectivity index (χ2n) is 5.49. The maximum absolute atomic E-state index is 5.10. The Kier molecular flexibility index (Phi) is 5.17. The van der Waals surface area contributed by atoms with Crippen LogP contribution in [0.15, 0.2) is 29.4 Å². The number of hydrogen-bond donors (Lipinski definition) is 1. The van der Waals surface area contributed by atoms with E-state index in [1.54, 1.807) is 7.11 Å². The molecule has 1 fully saturated rings. The summed E-state index contributed by atoms with van der Waals surface area (Å²) in [6.45, 7) is 2.44. The van der Waals surface area contributed by atoms with Crippen molar-refractivity contribution in [2.45, 2.75) is 42.5 Å². The van der Waals surface area contributed by atoms with Gasteiger partial charge in [0.15, 0.2) is 0 Å². The van der Waals surface area contributed by atoms with E-state index in [-0.39, 0.29) is 0 Å². The number of aromatic nitrogens is 2. The molecule has 0 spiro atoms. The molecule has 1 N–H and O–H groups in total. The lowest BCUT2D eigenvalue weighted by Crippen LogP contribution is -2.20. The first-order chi connectivity index (χ1) is 10.4. The number of fused-ring (bicyclic) bond motifs is 1. The van der Waals surface area contributed by atoms with Crippen LogP contribution in [0.3, 0.4) is 0 Å². The standard InChI is InChI=1S/C16H23N3OS/c1-20-11-9-17-12-14-16(21-13-6-2-3-7-13)18-15-8-4-5-10-19(14)15/h4-5,8,10,13,17H,2-3,6-7,9,11-12H2,1H3. The van der Waals surface area contributed by atoms with Crippen molar-refractivity contribution in [3.63, 3.8) is 0 Å². The highest BCUT2D eigenvalue weighted by atomic mass is 32.2. The number of hydrogen-bond acceptors (Lipinski definition) is 4. The van der Waals surface area contributed by atoms with Crippen LogP contribution in [0.4, 0.5) is 0 Å². The molecule has 21 heavy (non-hydrogen) atoms. The van der Waals surface area contributed by atoms with E-state index in [2.05, 4.69) is 34.1 Å². The van der Waals surface area contributed by atoms with Crippen LogP contribution in [0.5, 0.6) is 0 Å². The Labute approximate surface area is 130 Å². The number of rotatable bonds is 7. The Bertz CT molecular complexity index is 578. The monoisotopic (exact) mass is 305 g/mol. The van der Waals surface area contributed by atoms with E-state index in [0.29, 0.717) is 0 Å². The molecular weight excluding hydrogens is 282 g/mol. The second-order valence-corrected chi connectivity index (χ2v) is 6.78. The van der Waals surface area contributed by atoms with Crippen molar-refractivity contribution in [2.75, 3.05) is 20.3 Å². The lowest BCUT2D eigenvalue weighted by molar-refractivity contribution is 0.199. The summed E-state index contributed by atoms with van der Waals surface area (Å²) in [6, 6.07) is 6.20. The molecule has 5 heteroatoms. The third kappa shape index (κ3) is 3.59. The molecule has 0 unspecified atom stereocenters. The van der Waals surface area contributed by atoms with Gasteiger partial charge < -0.3 is 14.5 Å². The molecule has 3 rings (SSSR count). The predicted molar refractivity (Wildman–Crippen MR) is 86.9 cm³/mol. The molecular formula is C16H23N3OS. The zero-order valence-electron chi connectivity index (χ0n) is 12.5. The first kappa shape index (κ1) is 14.9. The first-order valence-electron chi connectivity index (χ1n) is 7.71. The van der Waals surface area contributed by atoms with Gasteiger partial charge in [0.1, 0.15) is 10.7 Å². The van der Waals surface area contributed by atoms with Gasteiger partial charge in [-0.3, -0.25) is 0 Å². The Balaban J connectivity index is 1.79. The number of imidazole rings is 1. The predicted octanol–water partition coefficient (Wildman–Crippen LogP) is 3.11. The van der Waals surface area contributed by atoms with Gasteiger partial charge in [-0.05, 0) is 25.0 Å². The van der Waals surface area contributed by atoms with Crippen LogP contribution in [0.25, 0.3) is 5.65 Å². The highest BCUT2D eigenvalue weighted by Gasteiger charge is 2.20. The highest BCUT2D eigenvalue weighted by Crippen LogP contribution is 2.36. The molecule has 1 aliphatic rings. The Morgan fingerprint density at radius 2 is 2.24 bits per heavy atom.